The fourth-order valence-electron chi connectivity index (χ4n) is 3.04. The van der Waals surface area contributed by atoms with Gasteiger partial charge in [0, 0.05) is 17.8 Å². The highest BCUT2D eigenvalue weighted by molar-refractivity contribution is 8.00. The summed E-state index contributed by atoms with van der Waals surface area (Å²) < 4.78 is 0.443. The molecule has 3 heteroatoms. The molecule has 1 saturated carbocycles. The summed E-state index contributed by atoms with van der Waals surface area (Å²) >= 11 is 2.03. The molecule has 0 spiro atoms. The summed E-state index contributed by atoms with van der Waals surface area (Å²) in [7, 11) is 0. The first-order chi connectivity index (χ1) is 9.69. The van der Waals surface area contributed by atoms with E-state index >= 15 is 0 Å². The molecule has 0 atom stereocenters. The predicted molar refractivity (Wildman–Crippen MR) is 86.9 cm³/mol. The van der Waals surface area contributed by atoms with E-state index in [1.807, 2.05) is 23.9 Å². The van der Waals surface area contributed by atoms with E-state index in [9.17, 15) is 0 Å². The molecule has 0 radical (unpaired) electrons. The lowest BCUT2D eigenvalue weighted by atomic mass is 9.88. The van der Waals surface area contributed by atoms with Gasteiger partial charge in [-0.3, -0.25) is 0 Å². The number of hydrogen-bond donors (Lipinski definition) is 1. The van der Waals surface area contributed by atoms with Crippen molar-refractivity contribution in [1.82, 2.24) is 5.32 Å². The van der Waals surface area contributed by atoms with Crippen LogP contribution in [0.25, 0.3) is 0 Å². The summed E-state index contributed by atoms with van der Waals surface area (Å²) in [6.07, 6.45) is 9.08. The van der Waals surface area contributed by atoms with Crippen molar-refractivity contribution in [3.63, 3.8) is 0 Å². The Balaban J connectivity index is 1.90. The monoisotopic (exact) mass is 288 g/mol. The van der Waals surface area contributed by atoms with Crippen LogP contribution in [0.3, 0.4) is 0 Å². The Morgan fingerprint density at radius 2 is 2.05 bits per heavy atom. The first-order valence-electron chi connectivity index (χ1n) is 7.45. The lowest BCUT2D eigenvalue weighted by Gasteiger charge is -2.36. The van der Waals surface area contributed by atoms with Gasteiger partial charge in [0.1, 0.15) is 0 Å². The number of aryl methyl sites for hydroxylation is 1. The second kappa shape index (κ2) is 7.15. The van der Waals surface area contributed by atoms with Crippen LogP contribution >= 0.6 is 11.8 Å². The molecule has 1 aliphatic carbocycles. The molecule has 1 aromatic carbocycles. The molecule has 2 nitrogen and oxygen atoms in total. The average Bonchev–Trinajstić information content (AvgIpc) is 2.50. The molecule has 108 valence electrons. The Kier molecular flexibility index (Phi) is 5.51. The molecule has 0 heterocycles. The molecule has 2 rings (SSSR count). The highest BCUT2D eigenvalue weighted by Gasteiger charge is 2.30. The first-order valence-corrected chi connectivity index (χ1v) is 8.67. The third kappa shape index (κ3) is 3.77. The summed E-state index contributed by atoms with van der Waals surface area (Å²) in [5.41, 5.74) is 3.26. The predicted octanol–water partition coefficient (Wildman–Crippen LogP) is 4.02. The van der Waals surface area contributed by atoms with Crippen LogP contribution in [0.15, 0.2) is 18.2 Å². The zero-order chi connectivity index (χ0) is 14.4. The van der Waals surface area contributed by atoms with Crippen LogP contribution in [0, 0.1) is 18.3 Å². The molecule has 0 unspecified atom stereocenters. The van der Waals surface area contributed by atoms with Crippen LogP contribution in [-0.4, -0.2) is 17.5 Å². The van der Waals surface area contributed by atoms with Gasteiger partial charge in [0.2, 0.25) is 0 Å². The number of hydrogen-bond acceptors (Lipinski definition) is 3. The maximum Gasteiger partial charge on any atom is 0.0991 e. The number of nitrogens with zero attached hydrogens (tertiary/aromatic N) is 1. The first kappa shape index (κ1) is 15.4. The second-order valence-corrected chi connectivity index (χ2v) is 7.08. The minimum atomic E-state index is 0.443. The summed E-state index contributed by atoms with van der Waals surface area (Å²) in [4.78, 5) is 0. The average molecular weight is 288 g/mol. The number of thioether (sulfide) groups is 1. The van der Waals surface area contributed by atoms with Crippen molar-refractivity contribution < 1.29 is 0 Å². The van der Waals surface area contributed by atoms with Crippen molar-refractivity contribution in [2.45, 2.75) is 50.3 Å². The van der Waals surface area contributed by atoms with E-state index in [1.54, 1.807) is 0 Å². The SMILES string of the molecule is CSC1(CNCc2ccc(C#N)cc2C)CCCCC1. The maximum absolute atomic E-state index is 8.90. The van der Waals surface area contributed by atoms with Crippen LogP contribution in [0.2, 0.25) is 0 Å². The van der Waals surface area contributed by atoms with Crippen LogP contribution in [0.4, 0.5) is 0 Å². The maximum atomic E-state index is 8.90. The number of nitrogens with one attached hydrogen (secondary N) is 1. The van der Waals surface area contributed by atoms with Crippen molar-refractivity contribution in [3.05, 3.63) is 34.9 Å². The van der Waals surface area contributed by atoms with E-state index in [0.717, 1.165) is 18.7 Å². The molecule has 20 heavy (non-hydrogen) atoms. The number of nitriles is 1. The zero-order valence-corrected chi connectivity index (χ0v) is 13.4. The smallest absolute Gasteiger partial charge is 0.0991 e. The van der Waals surface area contributed by atoms with E-state index < -0.39 is 0 Å². The van der Waals surface area contributed by atoms with Gasteiger partial charge in [-0.2, -0.15) is 17.0 Å². The van der Waals surface area contributed by atoms with Crippen molar-refractivity contribution in [2.24, 2.45) is 0 Å². The fraction of sp³-hybridized carbons (Fsp3) is 0.588. The van der Waals surface area contributed by atoms with Gasteiger partial charge in [-0.05, 0) is 49.3 Å². The number of benzene rings is 1. The molecule has 0 aromatic heterocycles. The molecule has 1 aliphatic rings. The topological polar surface area (TPSA) is 35.8 Å². The standard InChI is InChI=1S/C17H24N2S/c1-14-10-15(11-18)6-7-16(14)12-19-13-17(20-2)8-4-3-5-9-17/h6-7,10,19H,3-5,8-9,12-13H2,1-2H3. The lowest BCUT2D eigenvalue weighted by molar-refractivity contribution is 0.379. The Morgan fingerprint density at radius 3 is 2.65 bits per heavy atom. The summed E-state index contributed by atoms with van der Waals surface area (Å²) in [5.74, 6) is 0. The van der Waals surface area contributed by atoms with Gasteiger partial charge in [0.25, 0.3) is 0 Å². The summed E-state index contributed by atoms with van der Waals surface area (Å²) in [6.45, 7) is 4.08. The molecule has 0 saturated heterocycles. The van der Waals surface area contributed by atoms with E-state index in [0.29, 0.717) is 4.75 Å². The molecular weight excluding hydrogens is 264 g/mol. The van der Waals surface area contributed by atoms with Gasteiger partial charge >= 0.3 is 0 Å². The minimum Gasteiger partial charge on any atom is -0.311 e. The molecule has 1 fully saturated rings. The Bertz CT molecular complexity index is 484. The van der Waals surface area contributed by atoms with Gasteiger partial charge in [-0.25, -0.2) is 0 Å². The van der Waals surface area contributed by atoms with Crippen molar-refractivity contribution in [3.8, 4) is 6.07 Å². The Morgan fingerprint density at radius 1 is 1.30 bits per heavy atom. The van der Waals surface area contributed by atoms with Gasteiger partial charge in [-0.15, -0.1) is 0 Å². The van der Waals surface area contributed by atoms with Crippen LogP contribution in [0.5, 0.6) is 0 Å². The van der Waals surface area contributed by atoms with Crippen LogP contribution in [0.1, 0.15) is 48.8 Å². The van der Waals surface area contributed by atoms with E-state index in [1.165, 1.54) is 43.2 Å². The van der Waals surface area contributed by atoms with Gasteiger partial charge in [0.15, 0.2) is 0 Å². The van der Waals surface area contributed by atoms with Crippen LogP contribution in [-0.2, 0) is 6.54 Å². The van der Waals surface area contributed by atoms with Gasteiger partial charge in [-0.1, -0.05) is 25.3 Å². The number of rotatable bonds is 5. The van der Waals surface area contributed by atoms with Crippen molar-refractivity contribution >= 4 is 11.8 Å². The zero-order valence-electron chi connectivity index (χ0n) is 12.5. The van der Waals surface area contributed by atoms with E-state index in [2.05, 4.69) is 30.6 Å². The van der Waals surface area contributed by atoms with E-state index in [4.69, 9.17) is 5.26 Å². The third-order valence-electron chi connectivity index (χ3n) is 4.43. The molecule has 1 N–H and O–H groups in total. The largest absolute Gasteiger partial charge is 0.311 e. The Hall–Kier alpha value is -0.980. The summed E-state index contributed by atoms with van der Waals surface area (Å²) in [5, 5.41) is 12.5. The fourth-order valence-corrected chi connectivity index (χ4v) is 3.98. The molecular formula is C17H24N2S. The Labute approximate surface area is 127 Å². The second-order valence-electron chi connectivity index (χ2n) is 5.80. The quantitative estimate of drug-likeness (QED) is 0.889. The molecule has 1 aromatic rings. The molecule has 0 amide bonds. The molecule has 0 bridgehead atoms. The van der Waals surface area contributed by atoms with Crippen molar-refractivity contribution in [2.75, 3.05) is 12.8 Å². The van der Waals surface area contributed by atoms with E-state index in [-0.39, 0.29) is 0 Å². The highest BCUT2D eigenvalue weighted by atomic mass is 32.2. The minimum absolute atomic E-state index is 0.443. The molecule has 0 aliphatic heterocycles. The van der Waals surface area contributed by atoms with Crippen LogP contribution < -0.4 is 5.32 Å². The lowest BCUT2D eigenvalue weighted by Crippen LogP contribution is -2.39. The normalized spacial score (nSPS) is 17.6. The van der Waals surface area contributed by atoms with Gasteiger partial charge < -0.3 is 5.32 Å². The van der Waals surface area contributed by atoms with Crippen molar-refractivity contribution in [1.29, 1.82) is 5.26 Å². The summed E-state index contributed by atoms with van der Waals surface area (Å²) in [6, 6.07) is 8.16. The third-order valence-corrected chi connectivity index (χ3v) is 5.85. The highest BCUT2D eigenvalue weighted by Crippen LogP contribution is 2.38. The van der Waals surface area contributed by atoms with Gasteiger partial charge in [0.05, 0.1) is 11.6 Å².